The maximum atomic E-state index is 11.5. The first kappa shape index (κ1) is 11.8. The van der Waals surface area contributed by atoms with E-state index < -0.39 is 24.6 Å². The van der Waals surface area contributed by atoms with Gasteiger partial charge < -0.3 is 20.4 Å². The molecule has 1 rings (SSSR count). The topological polar surface area (TPSA) is 89.9 Å². The van der Waals surface area contributed by atoms with Gasteiger partial charge in [0.15, 0.2) is 6.04 Å². The van der Waals surface area contributed by atoms with E-state index >= 15 is 0 Å². The van der Waals surface area contributed by atoms with E-state index in [4.69, 9.17) is 10.2 Å². The van der Waals surface area contributed by atoms with Crippen LogP contribution in [-0.2, 0) is 4.79 Å². The van der Waals surface area contributed by atoms with Gasteiger partial charge in [-0.15, -0.1) is 0 Å². The summed E-state index contributed by atoms with van der Waals surface area (Å²) in [6.07, 6.45) is 0.935. The highest BCUT2D eigenvalue weighted by Crippen LogP contribution is 2.14. The molecule has 1 aliphatic rings. The van der Waals surface area contributed by atoms with E-state index in [1.54, 1.807) is 4.90 Å². The van der Waals surface area contributed by atoms with Crippen LogP contribution in [0.4, 0.5) is 4.79 Å². The van der Waals surface area contributed by atoms with Crippen LogP contribution in [0.5, 0.6) is 0 Å². The SMILES string of the molecule is CC1CCN(C(=O)N[C@H](CO)C(=O)O)C1. The molecule has 15 heavy (non-hydrogen) atoms. The molecular weight excluding hydrogens is 200 g/mol. The molecule has 0 aliphatic carbocycles. The summed E-state index contributed by atoms with van der Waals surface area (Å²) in [4.78, 5) is 23.6. The number of carboxylic acids is 1. The number of hydrogen-bond acceptors (Lipinski definition) is 3. The Hall–Kier alpha value is -1.30. The highest BCUT2D eigenvalue weighted by molar-refractivity contribution is 5.82. The standard InChI is InChI=1S/C9H16N2O4/c1-6-2-3-11(4-6)9(15)10-7(5-12)8(13)14/h6-7,12H,2-5H2,1H3,(H,10,15)(H,13,14)/t6?,7-/m1/s1. The molecule has 0 spiro atoms. The molecule has 6 nitrogen and oxygen atoms in total. The lowest BCUT2D eigenvalue weighted by atomic mass is 10.2. The molecule has 0 bridgehead atoms. The zero-order valence-electron chi connectivity index (χ0n) is 8.64. The molecule has 1 aliphatic heterocycles. The van der Waals surface area contributed by atoms with Gasteiger partial charge in [0, 0.05) is 13.1 Å². The number of nitrogens with one attached hydrogen (secondary N) is 1. The molecule has 1 saturated heterocycles. The van der Waals surface area contributed by atoms with Crippen molar-refractivity contribution in [3.63, 3.8) is 0 Å². The molecular formula is C9H16N2O4. The fourth-order valence-corrected chi connectivity index (χ4v) is 1.55. The first-order valence-electron chi connectivity index (χ1n) is 4.93. The van der Waals surface area contributed by atoms with Crippen LogP contribution in [0, 0.1) is 5.92 Å². The third-order valence-electron chi connectivity index (χ3n) is 2.49. The van der Waals surface area contributed by atoms with Crippen molar-refractivity contribution >= 4 is 12.0 Å². The van der Waals surface area contributed by atoms with Crippen LogP contribution in [0.3, 0.4) is 0 Å². The predicted molar refractivity (Wildman–Crippen MR) is 52.4 cm³/mol. The average Bonchev–Trinajstić information content (AvgIpc) is 2.60. The molecule has 0 aromatic carbocycles. The van der Waals surface area contributed by atoms with E-state index in [9.17, 15) is 9.59 Å². The summed E-state index contributed by atoms with van der Waals surface area (Å²) in [6.45, 7) is 2.73. The number of nitrogens with zero attached hydrogens (tertiary/aromatic N) is 1. The van der Waals surface area contributed by atoms with Crippen molar-refractivity contribution in [1.82, 2.24) is 10.2 Å². The maximum absolute atomic E-state index is 11.5. The van der Waals surface area contributed by atoms with Gasteiger partial charge in [-0.1, -0.05) is 6.92 Å². The van der Waals surface area contributed by atoms with Crippen molar-refractivity contribution in [3.05, 3.63) is 0 Å². The van der Waals surface area contributed by atoms with E-state index in [1.165, 1.54) is 0 Å². The third-order valence-corrected chi connectivity index (χ3v) is 2.49. The first-order chi connectivity index (χ1) is 7.04. The van der Waals surface area contributed by atoms with Gasteiger partial charge in [0.05, 0.1) is 6.61 Å². The van der Waals surface area contributed by atoms with E-state index in [-0.39, 0.29) is 0 Å². The molecule has 0 saturated carbocycles. The quantitative estimate of drug-likeness (QED) is 0.592. The second-order valence-corrected chi connectivity index (χ2v) is 3.86. The number of carbonyl (C=O) groups excluding carboxylic acids is 1. The van der Waals surface area contributed by atoms with E-state index in [0.29, 0.717) is 19.0 Å². The maximum Gasteiger partial charge on any atom is 0.328 e. The summed E-state index contributed by atoms with van der Waals surface area (Å²) < 4.78 is 0. The summed E-state index contributed by atoms with van der Waals surface area (Å²) in [6, 6.07) is -1.63. The Kier molecular flexibility index (Phi) is 3.90. The Labute approximate surface area is 87.9 Å². The Morgan fingerprint density at radius 1 is 1.60 bits per heavy atom. The lowest BCUT2D eigenvalue weighted by Crippen LogP contribution is -2.48. The van der Waals surface area contributed by atoms with Gasteiger partial charge in [0.2, 0.25) is 0 Å². The van der Waals surface area contributed by atoms with Crippen LogP contribution in [0.15, 0.2) is 0 Å². The van der Waals surface area contributed by atoms with Gasteiger partial charge in [-0.05, 0) is 12.3 Å². The predicted octanol–water partition coefficient (Wildman–Crippen LogP) is -0.517. The zero-order chi connectivity index (χ0) is 11.4. The van der Waals surface area contributed by atoms with Crippen LogP contribution in [0.25, 0.3) is 0 Å². The lowest BCUT2D eigenvalue weighted by Gasteiger charge is -2.19. The fourth-order valence-electron chi connectivity index (χ4n) is 1.55. The minimum Gasteiger partial charge on any atom is -0.480 e. The van der Waals surface area contributed by atoms with Crippen LogP contribution in [0.2, 0.25) is 0 Å². The monoisotopic (exact) mass is 216 g/mol. The highest BCUT2D eigenvalue weighted by atomic mass is 16.4. The number of rotatable bonds is 3. The summed E-state index contributed by atoms with van der Waals surface area (Å²) in [5, 5.41) is 19.6. The Morgan fingerprint density at radius 2 is 2.27 bits per heavy atom. The van der Waals surface area contributed by atoms with Crippen molar-refractivity contribution in [1.29, 1.82) is 0 Å². The molecule has 2 amide bonds. The molecule has 1 fully saturated rings. The molecule has 1 heterocycles. The Bertz CT molecular complexity index is 256. The zero-order valence-corrected chi connectivity index (χ0v) is 8.64. The van der Waals surface area contributed by atoms with Crippen molar-refractivity contribution < 1.29 is 19.8 Å². The number of amides is 2. The van der Waals surface area contributed by atoms with Crippen molar-refractivity contribution in [2.45, 2.75) is 19.4 Å². The molecule has 6 heteroatoms. The molecule has 2 atom stereocenters. The Balaban J connectivity index is 2.44. The van der Waals surface area contributed by atoms with Crippen molar-refractivity contribution in [2.75, 3.05) is 19.7 Å². The summed E-state index contributed by atoms with van der Waals surface area (Å²) in [7, 11) is 0. The van der Waals surface area contributed by atoms with Crippen LogP contribution in [-0.4, -0.2) is 52.9 Å². The molecule has 0 aromatic rings. The number of aliphatic carboxylic acids is 1. The average molecular weight is 216 g/mol. The van der Waals surface area contributed by atoms with Crippen LogP contribution >= 0.6 is 0 Å². The fraction of sp³-hybridized carbons (Fsp3) is 0.778. The van der Waals surface area contributed by atoms with E-state index in [0.717, 1.165) is 6.42 Å². The van der Waals surface area contributed by atoms with E-state index in [1.807, 2.05) is 6.92 Å². The minimum absolute atomic E-state index is 0.416. The summed E-state index contributed by atoms with van der Waals surface area (Å²) >= 11 is 0. The number of carbonyl (C=O) groups is 2. The molecule has 0 radical (unpaired) electrons. The van der Waals surface area contributed by atoms with Gasteiger partial charge in [0.25, 0.3) is 0 Å². The van der Waals surface area contributed by atoms with Gasteiger partial charge in [-0.3, -0.25) is 0 Å². The highest BCUT2D eigenvalue weighted by Gasteiger charge is 2.26. The van der Waals surface area contributed by atoms with Gasteiger partial charge in [0.1, 0.15) is 0 Å². The number of carboxylic acid groups (broad SMARTS) is 1. The lowest BCUT2D eigenvalue weighted by molar-refractivity contribution is -0.140. The van der Waals surface area contributed by atoms with Gasteiger partial charge in [-0.25, -0.2) is 9.59 Å². The van der Waals surface area contributed by atoms with Crippen LogP contribution in [0.1, 0.15) is 13.3 Å². The number of likely N-dealkylation sites (tertiary alicyclic amines) is 1. The summed E-state index contributed by atoms with van der Waals surface area (Å²) in [5.41, 5.74) is 0. The largest absolute Gasteiger partial charge is 0.480 e. The minimum atomic E-state index is -1.22. The third kappa shape index (κ3) is 3.09. The van der Waals surface area contributed by atoms with Crippen LogP contribution < -0.4 is 5.32 Å². The molecule has 1 unspecified atom stereocenters. The van der Waals surface area contributed by atoms with Crippen molar-refractivity contribution in [2.24, 2.45) is 5.92 Å². The van der Waals surface area contributed by atoms with E-state index in [2.05, 4.69) is 5.32 Å². The molecule has 3 N–H and O–H groups in total. The first-order valence-corrected chi connectivity index (χ1v) is 4.93. The smallest absolute Gasteiger partial charge is 0.328 e. The number of urea groups is 1. The number of aliphatic hydroxyl groups excluding tert-OH is 1. The normalized spacial score (nSPS) is 22.5. The van der Waals surface area contributed by atoms with Gasteiger partial charge >= 0.3 is 12.0 Å². The Morgan fingerprint density at radius 3 is 2.67 bits per heavy atom. The second kappa shape index (κ2) is 4.97. The molecule has 0 aromatic heterocycles. The van der Waals surface area contributed by atoms with Gasteiger partial charge in [-0.2, -0.15) is 0 Å². The number of hydrogen-bond donors (Lipinski definition) is 3. The summed E-state index contributed by atoms with van der Waals surface area (Å²) in [5.74, 6) is -0.772. The number of aliphatic hydroxyl groups is 1. The molecule has 86 valence electrons. The van der Waals surface area contributed by atoms with Crippen molar-refractivity contribution in [3.8, 4) is 0 Å². The second-order valence-electron chi connectivity index (χ2n) is 3.86.